The minimum absolute atomic E-state index is 1.23. The molecule has 0 bridgehead atoms. The van der Waals surface area contributed by atoms with Crippen LogP contribution in [-0.2, 0) is 0 Å². The van der Waals surface area contributed by atoms with Crippen molar-refractivity contribution in [1.29, 1.82) is 0 Å². The Kier molecular flexibility index (Phi) is 9.60. The Morgan fingerprint density at radius 2 is 0.750 bits per heavy atom. The standard InChI is InChI=1S/C18H14N2S2.2ClHO4/c1-3-11-19(12-4-1)17-9-7-15(21-17)16-8-10-18(22-16)20-13-5-2-6-14-20;2*2-1(3,4)5/h1-14H;2*(H,2,3,4,5)/q+2;;/p-2. The number of thiophene rings is 2. The summed E-state index contributed by atoms with van der Waals surface area (Å²) in [6.45, 7) is 0. The molecule has 0 atom stereocenters. The van der Waals surface area contributed by atoms with Crippen molar-refractivity contribution in [2.24, 2.45) is 0 Å². The zero-order chi connectivity index (χ0) is 23.8. The van der Waals surface area contributed by atoms with E-state index in [0.717, 1.165) is 0 Å². The van der Waals surface area contributed by atoms with Crippen LogP contribution in [0.1, 0.15) is 0 Å². The van der Waals surface area contributed by atoms with E-state index in [1.165, 1.54) is 19.8 Å². The average Bonchev–Trinajstić information content (AvgIpc) is 3.37. The van der Waals surface area contributed by atoms with E-state index >= 15 is 0 Å². The predicted octanol–water partition coefficient (Wildman–Crippen LogP) is -5.48. The highest BCUT2D eigenvalue weighted by molar-refractivity contribution is 7.23. The number of halogens is 2. The van der Waals surface area contributed by atoms with E-state index in [9.17, 15) is 0 Å². The quantitative estimate of drug-likeness (QED) is 0.238. The van der Waals surface area contributed by atoms with Gasteiger partial charge >= 0.3 is 0 Å². The summed E-state index contributed by atoms with van der Waals surface area (Å²) in [7, 11) is -9.89. The van der Waals surface area contributed by atoms with Crippen LogP contribution in [0.15, 0.2) is 85.5 Å². The molecule has 0 aromatic carbocycles. The lowest BCUT2D eigenvalue weighted by atomic mass is 10.4. The monoisotopic (exact) mass is 520 g/mol. The fourth-order valence-corrected chi connectivity index (χ4v) is 4.33. The first-order chi connectivity index (χ1) is 14.9. The number of aromatic nitrogens is 2. The van der Waals surface area contributed by atoms with Gasteiger partial charge in [0.25, 0.3) is 10.0 Å². The van der Waals surface area contributed by atoms with E-state index in [-0.39, 0.29) is 0 Å². The largest absolute Gasteiger partial charge is 0.267 e. The van der Waals surface area contributed by atoms with Crippen molar-refractivity contribution in [2.75, 3.05) is 0 Å². The van der Waals surface area contributed by atoms with Crippen molar-refractivity contribution < 1.29 is 66.9 Å². The third-order valence-corrected chi connectivity index (χ3v) is 5.76. The number of rotatable bonds is 3. The summed E-state index contributed by atoms with van der Waals surface area (Å²) in [6.07, 6.45) is 8.31. The van der Waals surface area contributed by atoms with Gasteiger partial charge in [-0.15, -0.1) is 20.5 Å². The Balaban J connectivity index is 0.000000308. The number of hydrogen-bond donors (Lipinski definition) is 0. The van der Waals surface area contributed by atoms with Gasteiger partial charge in [0, 0.05) is 36.4 Å². The molecule has 0 saturated carbocycles. The molecule has 0 radical (unpaired) electrons. The zero-order valence-electron chi connectivity index (χ0n) is 15.8. The van der Waals surface area contributed by atoms with Crippen molar-refractivity contribution in [1.82, 2.24) is 0 Å². The molecule has 0 saturated heterocycles. The fourth-order valence-electron chi connectivity index (χ4n) is 2.29. The lowest BCUT2D eigenvalue weighted by molar-refractivity contribution is -2.00. The zero-order valence-corrected chi connectivity index (χ0v) is 19.0. The third-order valence-electron chi connectivity index (χ3n) is 3.37. The van der Waals surface area contributed by atoms with E-state index < -0.39 is 20.5 Å². The van der Waals surface area contributed by atoms with E-state index in [2.05, 4.69) is 82.5 Å². The van der Waals surface area contributed by atoms with E-state index in [4.69, 9.17) is 37.3 Å². The Bertz CT molecular complexity index is 984. The summed E-state index contributed by atoms with van der Waals surface area (Å²) >= 11 is 3.62. The second-order valence-electron chi connectivity index (χ2n) is 5.60. The molecule has 0 spiro atoms. The van der Waals surface area contributed by atoms with Crippen LogP contribution < -0.4 is 46.4 Å². The Labute approximate surface area is 194 Å². The van der Waals surface area contributed by atoms with Crippen LogP contribution in [0.4, 0.5) is 0 Å². The van der Waals surface area contributed by atoms with Crippen molar-refractivity contribution >= 4 is 22.7 Å². The molecule has 0 unspecified atom stereocenters. The topological polar surface area (TPSA) is 192 Å². The van der Waals surface area contributed by atoms with Crippen LogP contribution in [0.25, 0.3) is 19.8 Å². The predicted molar refractivity (Wildman–Crippen MR) is 90.7 cm³/mol. The fraction of sp³-hybridized carbons (Fsp3) is 0. The molecule has 170 valence electrons. The molecule has 4 rings (SSSR count). The first-order valence-electron chi connectivity index (χ1n) is 8.27. The highest BCUT2D eigenvalue weighted by Crippen LogP contribution is 2.33. The first-order valence-corrected chi connectivity index (χ1v) is 12.4. The minimum Gasteiger partial charge on any atom is -0.222 e. The molecule has 10 nitrogen and oxygen atoms in total. The molecule has 4 aromatic heterocycles. The molecule has 14 heteroatoms. The summed E-state index contributed by atoms with van der Waals surface area (Å²) in [6, 6.07) is 21.0. The maximum atomic E-state index is 8.49. The van der Waals surface area contributed by atoms with Gasteiger partial charge in [0.15, 0.2) is 24.8 Å². The van der Waals surface area contributed by atoms with Gasteiger partial charge in [0.05, 0.1) is 9.75 Å². The summed E-state index contributed by atoms with van der Waals surface area (Å²) in [5, 5.41) is 2.47. The Morgan fingerprint density at radius 1 is 0.469 bits per heavy atom. The summed E-state index contributed by atoms with van der Waals surface area (Å²) in [5.74, 6) is 0. The lowest BCUT2D eigenvalue weighted by Gasteiger charge is -2.17. The third kappa shape index (κ3) is 10.5. The summed E-state index contributed by atoms with van der Waals surface area (Å²) in [4.78, 5) is 2.61. The Morgan fingerprint density at radius 3 is 1.03 bits per heavy atom. The maximum absolute atomic E-state index is 8.49. The van der Waals surface area contributed by atoms with Gasteiger partial charge in [-0.25, -0.2) is 37.3 Å². The SMILES string of the molecule is [O-][Cl+3]([O-])([O-])[O-].[O-][Cl+3]([O-])([O-])[O-].c1cc[n+](-c2ccc(-c3ccc(-[n+]4ccccc4)s3)s2)cc1. The first kappa shape index (κ1) is 26.2. The summed E-state index contributed by atoms with van der Waals surface area (Å²) in [5.41, 5.74) is 0. The highest BCUT2D eigenvalue weighted by atomic mass is 35.7. The van der Waals surface area contributed by atoms with Crippen LogP contribution in [0, 0.1) is 20.5 Å². The highest BCUT2D eigenvalue weighted by Gasteiger charge is 2.14. The molecular weight excluding hydrogens is 507 g/mol. The molecule has 0 N–H and O–H groups in total. The molecule has 0 fully saturated rings. The molecule has 0 aliphatic rings. The van der Waals surface area contributed by atoms with Crippen LogP contribution in [0.2, 0.25) is 0 Å². The van der Waals surface area contributed by atoms with Crippen molar-refractivity contribution in [2.45, 2.75) is 0 Å². The van der Waals surface area contributed by atoms with E-state index in [1.807, 2.05) is 34.8 Å². The summed E-state index contributed by atoms with van der Waals surface area (Å²) < 4.78 is 72.2. The molecule has 4 heterocycles. The molecule has 0 aliphatic heterocycles. The van der Waals surface area contributed by atoms with Crippen LogP contribution >= 0.6 is 22.7 Å². The molecule has 32 heavy (non-hydrogen) atoms. The van der Waals surface area contributed by atoms with Crippen molar-refractivity contribution in [3.05, 3.63) is 85.5 Å². The average molecular weight is 521 g/mol. The van der Waals surface area contributed by atoms with Gasteiger partial charge < -0.3 is 0 Å². The van der Waals surface area contributed by atoms with Crippen molar-refractivity contribution in [3.63, 3.8) is 0 Å². The van der Waals surface area contributed by atoms with Crippen LogP contribution in [-0.4, -0.2) is 0 Å². The van der Waals surface area contributed by atoms with Crippen LogP contribution in [0.5, 0.6) is 0 Å². The van der Waals surface area contributed by atoms with E-state index in [1.54, 1.807) is 0 Å². The maximum Gasteiger partial charge on any atom is 0.267 e. The van der Waals surface area contributed by atoms with Gasteiger partial charge in [-0.1, -0.05) is 34.8 Å². The second-order valence-corrected chi connectivity index (χ2v) is 9.23. The van der Waals surface area contributed by atoms with Gasteiger partial charge in [-0.05, 0) is 12.1 Å². The molecule has 0 amide bonds. The lowest BCUT2D eigenvalue weighted by Crippen LogP contribution is -2.68. The molecule has 4 aromatic rings. The Hall–Kier alpha value is -2.04. The number of hydrogen-bond acceptors (Lipinski definition) is 10. The van der Waals surface area contributed by atoms with Crippen LogP contribution in [0.3, 0.4) is 0 Å². The number of pyridine rings is 2. The van der Waals surface area contributed by atoms with Gasteiger partial charge in [0.1, 0.15) is 0 Å². The normalized spacial score (nSPS) is 11.1. The van der Waals surface area contributed by atoms with Gasteiger partial charge in [-0.2, -0.15) is 9.13 Å². The minimum atomic E-state index is -4.94. The van der Waals surface area contributed by atoms with Gasteiger partial charge in [-0.3, -0.25) is 0 Å². The van der Waals surface area contributed by atoms with Gasteiger partial charge in [0.2, 0.25) is 0 Å². The smallest absolute Gasteiger partial charge is 0.222 e. The molecular formula is C18H14Cl2N2O8S2. The van der Waals surface area contributed by atoms with Crippen molar-refractivity contribution in [3.8, 4) is 19.8 Å². The number of nitrogens with zero attached hydrogens (tertiary/aromatic N) is 2. The van der Waals surface area contributed by atoms with E-state index in [0.29, 0.717) is 0 Å². The molecule has 0 aliphatic carbocycles. The second kappa shape index (κ2) is 11.7.